The lowest BCUT2D eigenvalue weighted by atomic mass is 10.2. The molecule has 1 aromatic carbocycles. The molecule has 0 aliphatic rings. The van der Waals surface area contributed by atoms with E-state index in [1.807, 2.05) is 0 Å². The molecule has 0 aliphatic heterocycles. The van der Waals surface area contributed by atoms with Crippen LogP contribution in [0, 0.1) is 0 Å². The number of hydrogen-bond donors (Lipinski definition) is 3. The molecule has 1 atom stereocenters. The van der Waals surface area contributed by atoms with Gasteiger partial charge in [-0.1, -0.05) is 0 Å². The first-order chi connectivity index (χ1) is 9.34. The summed E-state index contributed by atoms with van der Waals surface area (Å²) in [6.07, 6.45) is 0.915. The number of hydrogen-bond acceptors (Lipinski definition) is 5. The van der Waals surface area contributed by atoms with Gasteiger partial charge in [0, 0.05) is 25.0 Å². The Labute approximate surface area is 118 Å². The van der Waals surface area contributed by atoms with Gasteiger partial charge in [-0.15, -0.1) is 0 Å². The second kappa shape index (κ2) is 7.22. The first-order valence-electron chi connectivity index (χ1n) is 5.94. The molecule has 0 fully saturated rings. The molecule has 8 heteroatoms. The Morgan fingerprint density at radius 1 is 1.30 bits per heavy atom. The molecular formula is C12H19N3O4S. The summed E-state index contributed by atoms with van der Waals surface area (Å²) in [5, 5.41) is 2.68. The Morgan fingerprint density at radius 2 is 1.85 bits per heavy atom. The first kappa shape index (κ1) is 16.4. The minimum absolute atomic E-state index is 0.163. The summed E-state index contributed by atoms with van der Waals surface area (Å²) >= 11 is 0. The van der Waals surface area contributed by atoms with E-state index in [1.165, 1.54) is 7.11 Å². The summed E-state index contributed by atoms with van der Waals surface area (Å²) < 4.78 is 29.4. The molecule has 1 unspecified atom stereocenters. The third-order valence-electron chi connectivity index (χ3n) is 2.48. The van der Waals surface area contributed by atoms with Crippen LogP contribution < -0.4 is 15.8 Å². The number of rotatable bonds is 7. The van der Waals surface area contributed by atoms with Crippen LogP contribution in [-0.4, -0.2) is 40.3 Å². The number of amides is 1. The van der Waals surface area contributed by atoms with Crippen LogP contribution in [0.2, 0.25) is 0 Å². The lowest BCUT2D eigenvalue weighted by molar-refractivity contribution is -0.118. The zero-order valence-electron chi connectivity index (χ0n) is 11.4. The molecule has 0 bridgehead atoms. The van der Waals surface area contributed by atoms with Gasteiger partial charge in [0.1, 0.15) is 0 Å². The van der Waals surface area contributed by atoms with E-state index in [4.69, 9.17) is 10.5 Å². The van der Waals surface area contributed by atoms with Crippen molar-refractivity contribution in [2.24, 2.45) is 5.73 Å². The van der Waals surface area contributed by atoms with Crippen molar-refractivity contribution in [3.63, 3.8) is 0 Å². The number of nitrogens with two attached hydrogens (primary N) is 1. The van der Waals surface area contributed by atoms with E-state index in [2.05, 4.69) is 10.0 Å². The van der Waals surface area contributed by atoms with Crippen LogP contribution in [0.15, 0.2) is 24.3 Å². The van der Waals surface area contributed by atoms with E-state index in [9.17, 15) is 13.2 Å². The molecule has 0 spiro atoms. The monoisotopic (exact) mass is 301 g/mol. The average Bonchev–Trinajstić information content (AvgIpc) is 2.36. The fourth-order valence-corrected chi connectivity index (χ4v) is 2.08. The van der Waals surface area contributed by atoms with Gasteiger partial charge < -0.3 is 15.8 Å². The zero-order chi connectivity index (χ0) is 15.2. The Kier molecular flexibility index (Phi) is 5.93. The maximum absolute atomic E-state index is 11.7. The highest BCUT2D eigenvalue weighted by Crippen LogP contribution is 2.15. The number of methoxy groups -OCH3 is 1. The van der Waals surface area contributed by atoms with E-state index in [0.29, 0.717) is 11.4 Å². The van der Waals surface area contributed by atoms with Crippen molar-refractivity contribution in [2.75, 3.05) is 29.9 Å². The van der Waals surface area contributed by atoms with Crippen molar-refractivity contribution >= 4 is 27.3 Å². The Bertz CT molecular complexity index is 538. The molecule has 0 radical (unpaired) electrons. The van der Waals surface area contributed by atoms with Crippen LogP contribution in [-0.2, 0) is 19.6 Å². The average molecular weight is 301 g/mol. The van der Waals surface area contributed by atoms with Gasteiger partial charge >= 0.3 is 0 Å². The van der Waals surface area contributed by atoms with Gasteiger partial charge in [-0.3, -0.25) is 9.52 Å². The molecule has 7 nitrogen and oxygen atoms in total. The third-order valence-corrected chi connectivity index (χ3v) is 3.09. The highest BCUT2D eigenvalue weighted by atomic mass is 32.2. The van der Waals surface area contributed by atoms with Crippen molar-refractivity contribution in [3.8, 4) is 0 Å². The lowest BCUT2D eigenvalue weighted by Gasteiger charge is -2.12. The summed E-state index contributed by atoms with van der Waals surface area (Å²) in [6, 6.07) is 6.34. The number of carbonyl (C=O) groups is 1. The van der Waals surface area contributed by atoms with Gasteiger partial charge in [0.15, 0.2) is 0 Å². The molecule has 0 aliphatic carbocycles. The van der Waals surface area contributed by atoms with Crippen LogP contribution in [0.25, 0.3) is 0 Å². The minimum Gasteiger partial charge on any atom is -0.380 e. The van der Waals surface area contributed by atoms with E-state index in [1.54, 1.807) is 24.3 Å². The molecular weight excluding hydrogens is 282 g/mol. The number of anilines is 2. The number of benzene rings is 1. The number of ether oxygens (including phenoxy) is 1. The first-order valence-corrected chi connectivity index (χ1v) is 7.83. The maximum Gasteiger partial charge on any atom is 0.229 e. The highest BCUT2D eigenvalue weighted by Gasteiger charge is 2.11. The molecule has 1 rings (SSSR count). The van der Waals surface area contributed by atoms with Gasteiger partial charge in [0.2, 0.25) is 15.9 Å². The van der Waals surface area contributed by atoms with Crippen LogP contribution in [0.1, 0.15) is 6.42 Å². The second-order valence-electron chi connectivity index (χ2n) is 4.30. The van der Waals surface area contributed by atoms with Crippen LogP contribution in [0.5, 0.6) is 0 Å². The quantitative estimate of drug-likeness (QED) is 0.673. The van der Waals surface area contributed by atoms with E-state index in [-0.39, 0.29) is 25.0 Å². The van der Waals surface area contributed by atoms with Crippen LogP contribution in [0.4, 0.5) is 11.4 Å². The van der Waals surface area contributed by atoms with E-state index >= 15 is 0 Å². The molecule has 1 aromatic rings. The molecule has 20 heavy (non-hydrogen) atoms. The van der Waals surface area contributed by atoms with E-state index < -0.39 is 10.0 Å². The van der Waals surface area contributed by atoms with Crippen molar-refractivity contribution in [2.45, 2.75) is 12.5 Å². The SMILES string of the molecule is COC(CN)CC(=O)Nc1ccc(NS(C)(=O)=O)cc1. The normalized spacial score (nSPS) is 12.8. The van der Waals surface area contributed by atoms with Gasteiger partial charge in [0.05, 0.1) is 18.8 Å². The molecule has 0 aromatic heterocycles. The predicted molar refractivity (Wildman–Crippen MR) is 78.0 cm³/mol. The smallest absolute Gasteiger partial charge is 0.229 e. The molecule has 112 valence electrons. The fourth-order valence-electron chi connectivity index (χ4n) is 1.52. The Balaban J connectivity index is 2.59. The number of carbonyl (C=O) groups excluding carboxylic acids is 1. The van der Waals surface area contributed by atoms with E-state index in [0.717, 1.165) is 6.26 Å². The van der Waals surface area contributed by atoms with Gasteiger partial charge in [0.25, 0.3) is 0 Å². The minimum atomic E-state index is -3.30. The summed E-state index contributed by atoms with van der Waals surface area (Å²) in [4.78, 5) is 11.7. The molecule has 0 saturated carbocycles. The largest absolute Gasteiger partial charge is 0.380 e. The van der Waals surface area contributed by atoms with Gasteiger partial charge in [-0.25, -0.2) is 8.42 Å². The van der Waals surface area contributed by atoms with Crippen molar-refractivity contribution in [1.82, 2.24) is 0 Å². The van der Waals surface area contributed by atoms with Gasteiger partial charge in [-0.05, 0) is 24.3 Å². The zero-order valence-corrected chi connectivity index (χ0v) is 12.2. The van der Waals surface area contributed by atoms with Gasteiger partial charge in [-0.2, -0.15) is 0 Å². The molecule has 0 saturated heterocycles. The van der Waals surface area contributed by atoms with Crippen molar-refractivity contribution < 1.29 is 17.9 Å². The number of sulfonamides is 1. The summed E-state index contributed by atoms with van der Waals surface area (Å²) in [5.41, 5.74) is 6.44. The standard InChI is InChI=1S/C12H19N3O4S/c1-19-11(8-13)7-12(16)14-9-3-5-10(6-4-9)15-20(2,17)18/h3-6,11,15H,7-8,13H2,1-2H3,(H,14,16). The van der Waals surface area contributed by atoms with Crippen molar-refractivity contribution in [3.05, 3.63) is 24.3 Å². The molecule has 4 N–H and O–H groups in total. The number of nitrogens with one attached hydrogen (secondary N) is 2. The summed E-state index contributed by atoms with van der Waals surface area (Å²) in [6.45, 7) is 0.265. The second-order valence-corrected chi connectivity index (χ2v) is 6.05. The third kappa shape index (κ3) is 6.00. The van der Waals surface area contributed by atoms with Crippen LogP contribution in [0.3, 0.4) is 0 Å². The highest BCUT2D eigenvalue weighted by molar-refractivity contribution is 7.92. The molecule has 1 amide bonds. The summed E-state index contributed by atoms with van der Waals surface area (Å²) in [5.74, 6) is -0.217. The predicted octanol–water partition coefficient (Wildman–Crippen LogP) is 0.360. The fraction of sp³-hybridized carbons (Fsp3) is 0.417. The lowest BCUT2D eigenvalue weighted by Crippen LogP contribution is -2.28. The maximum atomic E-state index is 11.7. The Morgan fingerprint density at radius 3 is 2.30 bits per heavy atom. The topological polar surface area (TPSA) is 111 Å². The summed E-state index contributed by atoms with van der Waals surface area (Å²) in [7, 11) is -1.81. The van der Waals surface area contributed by atoms with Crippen LogP contribution >= 0.6 is 0 Å². The van der Waals surface area contributed by atoms with Crippen molar-refractivity contribution in [1.29, 1.82) is 0 Å². The molecule has 0 heterocycles. The Hall–Kier alpha value is -1.64.